The second-order valence-electron chi connectivity index (χ2n) is 6.22. The lowest BCUT2D eigenvalue weighted by molar-refractivity contribution is 0.0948. The highest BCUT2D eigenvalue weighted by Gasteiger charge is 2.17. The van der Waals surface area contributed by atoms with Gasteiger partial charge in [0.15, 0.2) is 0 Å². The van der Waals surface area contributed by atoms with E-state index in [9.17, 15) is 9.90 Å². The highest BCUT2D eigenvalue weighted by atomic mass is 16.3. The van der Waals surface area contributed by atoms with E-state index in [4.69, 9.17) is 0 Å². The lowest BCUT2D eigenvalue weighted by Crippen LogP contribution is -2.29. The number of nitrogens with zero attached hydrogens (tertiary/aromatic N) is 2. The summed E-state index contributed by atoms with van der Waals surface area (Å²) in [5, 5.41) is 16.7. The summed E-state index contributed by atoms with van der Waals surface area (Å²) in [5.41, 5.74) is 3.39. The summed E-state index contributed by atoms with van der Waals surface area (Å²) in [4.78, 5) is 12.6. The van der Waals surface area contributed by atoms with Crippen LogP contribution in [0.3, 0.4) is 0 Å². The van der Waals surface area contributed by atoms with Gasteiger partial charge in [-0.15, -0.1) is 0 Å². The van der Waals surface area contributed by atoms with E-state index < -0.39 is 0 Å². The number of hydrogen-bond acceptors (Lipinski definition) is 3. The lowest BCUT2D eigenvalue weighted by Gasteiger charge is -2.17. The Hall–Kier alpha value is -2.92. The molecular formula is C21H23N3O2. The number of para-hydroxylation sites is 1. The molecule has 5 heteroatoms. The fourth-order valence-electron chi connectivity index (χ4n) is 3.04. The maximum atomic E-state index is 12.6. The van der Waals surface area contributed by atoms with Gasteiger partial charge >= 0.3 is 0 Å². The van der Waals surface area contributed by atoms with Crippen molar-refractivity contribution in [2.75, 3.05) is 13.2 Å². The van der Waals surface area contributed by atoms with Gasteiger partial charge in [-0.3, -0.25) is 4.79 Å². The summed E-state index contributed by atoms with van der Waals surface area (Å²) in [5.74, 6) is -0.0711. The second kappa shape index (κ2) is 8.45. The predicted octanol–water partition coefficient (Wildman–Crippen LogP) is 3.08. The molecule has 0 spiro atoms. The molecule has 0 aliphatic carbocycles. The average Bonchev–Trinajstić information content (AvgIpc) is 3.08. The zero-order valence-electron chi connectivity index (χ0n) is 14.8. The Bertz CT molecular complexity index is 844. The van der Waals surface area contributed by atoms with Gasteiger partial charge in [-0.1, -0.05) is 48.5 Å². The van der Waals surface area contributed by atoms with Crippen LogP contribution in [-0.2, 0) is 0 Å². The van der Waals surface area contributed by atoms with Gasteiger partial charge in [0.05, 0.1) is 23.1 Å². The lowest BCUT2D eigenvalue weighted by atomic mass is 9.96. The van der Waals surface area contributed by atoms with Crippen LogP contribution in [0, 0.1) is 6.92 Å². The standard InChI is InChI=1S/C21H23N3O2/c1-16-20(15-23-24(16)19-10-6-3-7-11-19)21(26)22-14-18(12-13-25)17-8-4-2-5-9-17/h2-11,15,18,25H,12-14H2,1H3,(H,22,26). The third-order valence-corrected chi connectivity index (χ3v) is 4.51. The van der Waals surface area contributed by atoms with Gasteiger partial charge < -0.3 is 10.4 Å². The highest BCUT2D eigenvalue weighted by molar-refractivity contribution is 5.95. The van der Waals surface area contributed by atoms with E-state index in [1.165, 1.54) is 0 Å². The molecule has 2 aromatic carbocycles. The smallest absolute Gasteiger partial charge is 0.254 e. The molecule has 0 bridgehead atoms. The molecule has 0 fully saturated rings. The Balaban J connectivity index is 1.71. The van der Waals surface area contributed by atoms with E-state index in [2.05, 4.69) is 10.4 Å². The largest absolute Gasteiger partial charge is 0.396 e. The first kappa shape index (κ1) is 17.9. The first-order chi connectivity index (χ1) is 12.7. The number of aliphatic hydroxyl groups excluding tert-OH is 1. The number of hydrogen-bond donors (Lipinski definition) is 2. The molecule has 0 radical (unpaired) electrons. The number of rotatable bonds is 7. The third-order valence-electron chi connectivity index (χ3n) is 4.51. The molecule has 0 saturated heterocycles. The van der Waals surface area contributed by atoms with Gasteiger partial charge in [-0.05, 0) is 31.0 Å². The van der Waals surface area contributed by atoms with Crippen LogP contribution in [0.15, 0.2) is 66.9 Å². The van der Waals surface area contributed by atoms with E-state index in [0.717, 1.165) is 16.9 Å². The van der Waals surface area contributed by atoms with Crippen LogP contribution in [0.1, 0.15) is 34.0 Å². The molecule has 1 aromatic heterocycles. The SMILES string of the molecule is Cc1c(C(=O)NCC(CCO)c2ccccc2)cnn1-c1ccccc1. The summed E-state index contributed by atoms with van der Waals surface area (Å²) in [6, 6.07) is 19.7. The van der Waals surface area contributed by atoms with Crippen LogP contribution >= 0.6 is 0 Å². The predicted molar refractivity (Wildman–Crippen MR) is 102 cm³/mol. The van der Waals surface area contributed by atoms with Crippen molar-refractivity contribution in [3.63, 3.8) is 0 Å². The number of carbonyl (C=O) groups is 1. The van der Waals surface area contributed by atoms with Crippen LogP contribution in [0.5, 0.6) is 0 Å². The number of aliphatic hydroxyl groups is 1. The van der Waals surface area contributed by atoms with Crippen LogP contribution in [-0.4, -0.2) is 33.9 Å². The third kappa shape index (κ3) is 4.00. The summed E-state index contributed by atoms with van der Waals surface area (Å²) >= 11 is 0. The number of carbonyl (C=O) groups excluding carboxylic acids is 1. The summed E-state index contributed by atoms with van der Waals surface area (Å²) in [7, 11) is 0. The van der Waals surface area contributed by atoms with Crippen LogP contribution in [0.25, 0.3) is 5.69 Å². The van der Waals surface area contributed by atoms with E-state index in [-0.39, 0.29) is 18.4 Å². The Morgan fingerprint density at radius 1 is 1.12 bits per heavy atom. The van der Waals surface area contributed by atoms with Crippen LogP contribution < -0.4 is 5.32 Å². The maximum absolute atomic E-state index is 12.6. The molecule has 26 heavy (non-hydrogen) atoms. The molecule has 134 valence electrons. The first-order valence-corrected chi connectivity index (χ1v) is 8.74. The van der Waals surface area contributed by atoms with Crippen molar-refractivity contribution in [1.82, 2.24) is 15.1 Å². The molecule has 1 heterocycles. The Morgan fingerprint density at radius 3 is 2.42 bits per heavy atom. The van der Waals surface area contributed by atoms with Gasteiger partial charge in [0, 0.05) is 19.1 Å². The maximum Gasteiger partial charge on any atom is 0.254 e. The van der Waals surface area contributed by atoms with Crippen molar-refractivity contribution in [1.29, 1.82) is 0 Å². The van der Waals surface area contributed by atoms with Gasteiger partial charge in [0.25, 0.3) is 5.91 Å². The molecule has 1 atom stereocenters. The van der Waals surface area contributed by atoms with Gasteiger partial charge in [0.1, 0.15) is 0 Å². The van der Waals surface area contributed by atoms with Gasteiger partial charge in [0.2, 0.25) is 0 Å². The molecule has 3 rings (SSSR count). The van der Waals surface area contributed by atoms with E-state index in [0.29, 0.717) is 18.5 Å². The van der Waals surface area contributed by atoms with E-state index in [1.807, 2.05) is 67.6 Å². The topological polar surface area (TPSA) is 67.2 Å². The number of aromatic nitrogens is 2. The minimum absolute atomic E-state index is 0.0784. The Kier molecular flexibility index (Phi) is 5.81. The Morgan fingerprint density at radius 2 is 1.77 bits per heavy atom. The van der Waals surface area contributed by atoms with Crippen molar-refractivity contribution < 1.29 is 9.90 Å². The fraction of sp³-hybridized carbons (Fsp3) is 0.238. The molecule has 0 saturated carbocycles. The second-order valence-corrected chi connectivity index (χ2v) is 6.22. The highest BCUT2D eigenvalue weighted by Crippen LogP contribution is 2.19. The normalized spacial score (nSPS) is 11.9. The van der Waals surface area contributed by atoms with Crippen molar-refractivity contribution in [2.24, 2.45) is 0 Å². The number of benzene rings is 2. The molecule has 3 aromatic rings. The van der Waals surface area contributed by atoms with E-state index >= 15 is 0 Å². The first-order valence-electron chi connectivity index (χ1n) is 8.74. The van der Waals surface area contributed by atoms with Crippen molar-refractivity contribution in [2.45, 2.75) is 19.3 Å². The van der Waals surface area contributed by atoms with Crippen molar-refractivity contribution >= 4 is 5.91 Å². The molecule has 5 nitrogen and oxygen atoms in total. The summed E-state index contributed by atoms with van der Waals surface area (Å²) in [6.07, 6.45) is 2.20. The molecule has 1 unspecified atom stereocenters. The Labute approximate surface area is 153 Å². The number of nitrogens with one attached hydrogen (secondary N) is 1. The average molecular weight is 349 g/mol. The van der Waals surface area contributed by atoms with Crippen molar-refractivity contribution in [3.8, 4) is 5.69 Å². The minimum Gasteiger partial charge on any atom is -0.396 e. The molecule has 0 aliphatic rings. The minimum atomic E-state index is -0.149. The molecule has 2 N–H and O–H groups in total. The molecular weight excluding hydrogens is 326 g/mol. The summed E-state index contributed by atoms with van der Waals surface area (Å²) in [6.45, 7) is 2.44. The quantitative estimate of drug-likeness (QED) is 0.689. The number of amides is 1. The fourth-order valence-corrected chi connectivity index (χ4v) is 3.04. The monoisotopic (exact) mass is 349 g/mol. The van der Waals surface area contributed by atoms with E-state index in [1.54, 1.807) is 10.9 Å². The zero-order valence-corrected chi connectivity index (χ0v) is 14.8. The van der Waals surface area contributed by atoms with Crippen molar-refractivity contribution in [3.05, 3.63) is 83.7 Å². The zero-order chi connectivity index (χ0) is 18.4. The van der Waals surface area contributed by atoms with Gasteiger partial charge in [-0.25, -0.2) is 4.68 Å². The van der Waals surface area contributed by atoms with Crippen LogP contribution in [0.4, 0.5) is 0 Å². The molecule has 0 aliphatic heterocycles. The molecule has 1 amide bonds. The van der Waals surface area contributed by atoms with Crippen LogP contribution in [0.2, 0.25) is 0 Å². The summed E-state index contributed by atoms with van der Waals surface area (Å²) < 4.78 is 1.76. The van der Waals surface area contributed by atoms with Gasteiger partial charge in [-0.2, -0.15) is 5.10 Å².